The third-order valence-electron chi connectivity index (χ3n) is 4.59. The van der Waals surface area contributed by atoms with Gasteiger partial charge in [-0.15, -0.1) is 10.2 Å². The lowest BCUT2D eigenvalue weighted by atomic mass is 10.0. The lowest BCUT2D eigenvalue weighted by Gasteiger charge is -2.15. The van der Waals surface area contributed by atoms with E-state index in [0.29, 0.717) is 16.4 Å². The zero-order valence-electron chi connectivity index (χ0n) is 15.8. The van der Waals surface area contributed by atoms with E-state index < -0.39 is 0 Å². The molecule has 0 bridgehead atoms. The lowest BCUT2D eigenvalue weighted by Crippen LogP contribution is -2.28. The lowest BCUT2D eigenvalue weighted by molar-refractivity contribution is -0.116. The van der Waals surface area contributed by atoms with Crippen LogP contribution in [0.2, 0.25) is 5.02 Å². The molecule has 2 aromatic carbocycles. The fraction of sp³-hybridized carbons (Fsp3) is 0.0870. The van der Waals surface area contributed by atoms with Gasteiger partial charge in [0.2, 0.25) is 0 Å². The Hall–Kier alpha value is -3.44. The summed E-state index contributed by atoms with van der Waals surface area (Å²) in [5.41, 5.74) is 3.01. The Labute approximate surface area is 173 Å². The van der Waals surface area contributed by atoms with E-state index in [4.69, 9.17) is 11.6 Å². The van der Waals surface area contributed by atoms with Crippen molar-refractivity contribution in [1.82, 2.24) is 19.9 Å². The summed E-state index contributed by atoms with van der Waals surface area (Å²) < 4.78 is 1.87. The van der Waals surface area contributed by atoms with Crippen molar-refractivity contribution < 1.29 is 4.79 Å². The molecule has 4 aromatic rings. The molecule has 2 aromatic heterocycles. The molecule has 0 saturated heterocycles. The number of nitrogens with one attached hydrogen (secondary N) is 1. The molecule has 144 valence electrons. The molecule has 0 fully saturated rings. The Morgan fingerprint density at radius 3 is 2.48 bits per heavy atom. The average molecular weight is 403 g/mol. The number of aromatic nitrogens is 3. The van der Waals surface area contributed by atoms with E-state index in [0.717, 1.165) is 16.8 Å². The minimum Gasteiger partial charge on any atom is -0.342 e. The monoisotopic (exact) mass is 402 g/mol. The van der Waals surface area contributed by atoms with Crippen molar-refractivity contribution in [1.29, 1.82) is 0 Å². The highest BCUT2D eigenvalue weighted by Crippen LogP contribution is 2.22. The molecule has 0 aliphatic rings. The number of fused-ring (bicyclic) bond motifs is 1. The molecule has 1 N–H and O–H groups in total. The number of halogens is 1. The number of carbonyl (C=O) groups is 1. The molecule has 29 heavy (non-hydrogen) atoms. The van der Waals surface area contributed by atoms with E-state index in [-0.39, 0.29) is 11.9 Å². The number of hydrogen-bond donors (Lipinski definition) is 1. The maximum absolute atomic E-state index is 13.2. The maximum atomic E-state index is 13.2. The summed E-state index contributed by atoms with van der Waals surface area (Å²) in [7, 11) is 0. The van der Waals surface area contributed by atoms with Crippen molar-refractivity contribution in [3.05, 3.63) is 101 Å². The molecule has 0 unspecified atom stereocenters. The first kappa shape index (κ1) is 18.9. The van der Waals surface area contributed by atoms with E-state index in [2.05, 4.69) is 15.5 Å². The summed E-state index contributed by atoms with van der Waals surface area (Å²) in [5, 5.41) is 12.1. The summed E-state index contributed by atoms with van der Waals surface area (Å²) in [6, 6.07) is 22.3. The predicted octanol–water partition coefficient (Wildman–Crippen LogP) is 4.80. The van der Waals surface area contributed by atoms with Gasteiger partial charge < -0.3 is 5.32 Å². The van der Waals surface area contributed by atoms with Crippen LogP contribution in [0.25, 0.3) is 17.3 Å². The zero-order valence-corrected chi connectivity index (χ0v) is 16.5. The third-order valence-corrected chi connectivity index (χ3v) is 4.84. The van der Waals surface area contributed by atoms with Crippen LogP contribution in [0.15, 0.2) is 79.0 Å². The van der Waals surface area contributed by atoms with Gasteiger partial charge in [-0.1, -0.05) is 60.1 Å². The third kappa shape index (κ3) is 4.20. The second kappa shape index (κ2) is 8.29. The number of benzene rings is 2. The highest BCUT2D eigenvalue weighted by molar-refractivity contribution is 6.31. The molecule has 0 aliphatic carbocycles. The maximum Gasteiger partial charge on any atom is 0.252 e. The summed E-state index contributed by atoms with van der Waals surface area (Å²) in [4.78, 5) is 13.2. The molecule has 0 saturated carbocycles. The van der Waals surface area contributed by atoms with Gasteiger partial charge in [0.25, 0.3) is 5.91 Å². The number of carbonyl (C=O) groups excluding carboxylic acids is 1. The Balaban J connectivity index is 1.66. The molecule has 5 nitrogen and oxygen atoms in total. The van der Waals surface area contributed by atoms with Crippen LogP contribution in [0.3, 0.4) is 0 Å². The first-order valence-corrected chi connectivity index (χ1v) is 9.63. The van der Waals surface area contributed by atoms with Gasteiger partial charge in [-0.05, 0) is 48.4 Å². The molecule has 6 heteroatoms. The molecule has 2 heterocycles. The molecule has 0 spiro atoms. The Morgan fingerprint density at radius 1 is 1.00 bits per heavy atom. The SMILES string of the molecule is C[C@H](NC(=O)/C(=C/c1ccccc1)c1ccc(Cl)cc1)c1nnc2ccccn12. The normalized spacial score (nSPS) is 12.7. The largest absolute Gasteiger partial charge is 0.342 e. The average Bonchev–Trinajstić information content (AvgIpc) is 3.18. The fourth-order valence-corrected chi connectivity index (χ4v) is 3.25. The second-order valence-electron chi connectivity index (χ2n) is 6.66. The van der Waals surface area contributed by atoms with Crippen LogP contribution in [0.1, 0.15) is 29.9 Å². The van der Waals surface area contributed by atoms with Crippen LogP contribution in [-0.2, 0) is 4.79 Å². The van der Waals surface area contributed by atoms with Gasteiger partial charge >= 0.3 is 0 Å². The van der Waals surface area contributed by atoms with Gasteiger partial charge in [0.15, 0.2) is 11.5 Å². The van der Waals surface area contributed by atoms with E-state index in [1.165, 1.54) is 0 Å². The number of hydrogen-bond acceptors (Lipinski definition) is 3. The number of pyridine rings is 1. The Kier molecular flexibility index (Phi) is 5.40. The molecular formula is C23H19ClN4O. The summed E-state index contributed by atoms with van der Waals surface area (Å²) in [6.07, 6.45) is 3.75. The zero-order chi connectivity index (χ0) is 20.2. The van der Waals surface area contributed by atoms with Gasteiger partial charge in [-0.25, -0.2) is 0 Å². The van der Waals surface area contributed by atoms with Crippen LogP contribution >= 0.6 is 11.6 Å². The summed E-state index contributed by atoms with van der Waals surface area (Å²) >= 11 is 6.03. The Bertz CT molecular complexity index is 1170. The van der Waals surface area contributed by atoms with Crippen molar-refractivity contribution in [2.75, 3.05) is 0 Å². The van der Waals surface area contributed by atoms with Crippen LogP contribution in [-0.4, -0.2) is 20.5 Å². The van der Waals surface area contributed by atoms with E-state index in [9.17, 15) is 4.79 Å². The predicted molar refractivity (Wildman–Crippen MR) is 115 cm³/mol. The Morgan fingerprint density at radius 2 is 1.72 bits per heavy atom. The topological polar surface area (TPSA) is 59.3 Å². The molecular weight excluding hydrogens is 384 g/mol. The van der Waals surface area contributed by atoms with Crippen LogP contribution in [0, 0.1) is 0 Å². The van der Waals surface area contributed by atoms with Gasteiger partial charge in [-0.2, -0.15) is 0 Å². The molecule has 0 aliphatic heterocycles. The van der Waals surface area contributed by atoms with Crippen molar-refractivity contribution >= 4 is 34.8 Å². The smallest absolute Gasteiger partial charge is 0.252 e. The highest BCUT2D eigenvalue weighted by atomic mass is 35.5. The molecule has 1 atom stereocenters. The first-order chi connectivity index (χ1) is 14.1. The fourth-order valence-electron chi connectivity index (χ4n) is 3.12. The number of nitrogens with zero attached hydrogens (tertiary/aromatic N) is 3. The molecule has 4 rings (SSSR count). The van der Waals surface area contributed by atoms with Crippen molar-refractivity contribution in [2.24, 2.45) is 0 Å². The van der Waals surface area contributed by atoms with E-state index in [1.54, 1.807) is 12.1 Å². The van der Waals surface area contributed by atoms with E-state index in [1.807, 2.05) is 84.3 Å². The molecule has 0 radical (unpaired) electrons. The van der Waals surface area contributed by atoms with Crippen LogP contribution in [0.4, 0.5) is 0 Å². The van der Waals surface area contributed by atoms with Crippen LogP contribution in [0.5, 0.6) is 0 Å². The number of rotatable bonds is 5. The van der Waals surface area contributed by atoms with Crippen molar-refractivity contribution in [2.45, 2.75) is 13.0 Å². The van der Waals surface area contributed by atoms with E-state index >= 15 is 0 Å². The minimum absolute atomic E-state index is 0.198. The van der Waals surface area contributed by atoms with Crippen molar-refractivity contribution in [3.8, 4) is 0 Å². The standard InChI is InChI=1S/C23H19ClN4O/c1-16(22-27-26-21-9-5-6-14-28(21)22)25-23(29)20(15-17-7-3-2-4-8-17)18-10-12-19(24)13-11-18/h2-16H,1H3,(H,25,29)/b20-15+/t16-/m0/s1. The first-order valence-electron chi connectivity index (χ1n) is 9.25. The number of amides is 1. The van der Waals surface area contributed by atoms with Gasteiger partial charge in [0.05, 0.1) is 6.04 Å². The minimum atomic E-state index is -0.327. The van der Waals surface area contributed by atoms with Crippen LogP contribution < -0.4 is 5.32 Å². The highest BCUT2D eigenvalue weighted by Gasteiger charge is 2.19. The second-order valence-corrected chi connectivity index (χ2v) is 7.09. The molecule has 1 amide bonds. The van der Waals surface area contributed by atoms with Gasteiger partial charge in [0, 0.05) is 16.8 Å². The summed E-state index contributed by atoms with van der Waals surface area (Å²) in [5.74, 6) is 0.473. The van der Waals surface area contributed by atoms with Gasteiger partial charge in [0.1, 0.15) is 0 Å². The van der Waals surface area contributed by atoms with Crippen molar-refractivity contribution in [3.63, 3.8) is 0 Å². The van der Waals surface area contributed by atoms with Gasteiger partial charge in [-0.3, -0.25) is 9.20 Å². The quantitative estimate of drug-likeness (QED) is 0.385. The summed E-state index contributed by atoms with van der Waals surface area (Å²) in [6.45, 7) is 1.89.